The molecule has 6 nitrogen and oxygen atoms in total. The largest absolute Gasteiger partial charge is 1.00 e. The fourth-order valence-corrected chi connectivity index (χ4v) is 3.69. The molecule has 34 heavy (non-hydrogen) atoms. The normalized spacial score (nSPS) is 16.3. The molecule has 0 amide bonds. The van der Waals surface area contributed by atoms with Gasteiger partial charge in [0.15, 0.2) is 0 Å². The van der Waals surface area contributed by atoms with E-state index in [1.165, 1.54) is 11.1 Å². The molecule has 2 aliphatic rings. The van der Waals surface area contributed by atoms with Gasteiger partial charge >= 0.3 is 29.6 Å². The number of morpholine rings is 2. The van der Waals surface area contributed by atoms with Crippen LogP contribution in [0.4, 0.5) is 0 Å². The minimum absolute atomic E-state index is 0. The summed E-state index contributed by atoms with van der Waals surface area (Å²) in [5, 5.41) is 9.49. The zero-order valence-corrected chi connectivity index (χ0v) is 24.2. The van der Waals surface area contributed by atoms with Crippen LogP contribution in [0.3, 0.4) is 0 Å². The van der Waals surface area contributed by atoms with Crippen LogP contribution >= 0.6 is 15.9 Å². The molecular weight excluding hydrogens is 507 g/mol. The molecule has 0 atom stereocenters. The maximum atomic E-state index is 8.54. The van der Waals surface area contributed by atoms with E-state index in [0.717, 1.165) is 77.6 Å². The summed E-state index contributed by atoms with van der Waals surface area (Å²) in [6.07, 6.45) is 0. The Bertz CT molecular complexity index is 692. The third-order valence-corrected chi connectivity index (χ3v) is 5.93. The predicted molar refractivity (Wildman–Crippen MR) is 138 cm³/mol. The number of aliphatic hydroxyl groups is 1. The third-order valence-electron chi connectivity index (χ3n) is 5.28. The average molecular weight is 548 g/mol. The topological polar surface area (TPSA) is 54.4 Å². The first-order valence-corrected chi connectivity index (χ1v) is 12.9. The zero-order valence-electron chi connectivity index (χ0n) is 21.6. The second-order valence-corrected chi connectivity index (χ2v) is 8.35. The van der Waals surface area contributed by atoms with E-state index in [4.69, 9.17) is 19.3 Å². The van der Waals surface area contributed by atoms with Crippen LogP contribution in [-0.4, -0.2) is 93.8 Å². The minimum atomic E-state index is 0. The van der Waals surface area contributed by atoms with Crippen molar-refractivity contribution in [2.45, 2.75) is 11.9 Å². The molecule has 2 aliphatic heterocycles. The molecule has 0 aromatic heterocycles. The minimum Gasteiger partial charge on any atom is -1.00 e. The smallest absolute Gasteiger partial charge is 1.00 e. The summed E-state index contributed by atoms with van der Waals surface area (Å²) >= 11 is 3.36. The van der Waals surface area contributed by atoms with Crippen LogP contribution in [0.25, 0.3) is 0 Å². The Morgan fingerprint density at radius 3 is 1.68 bits per heavy atom. The van der Waals surface area contributed by atoms with E-state index in [0.29, 0.717) is 6.61 Å². The van der Waals surface area contributed by atoms with Crippen molar-refractivity contribution < 1.29 is 50.3 Å². The summed E-state index contributed by atoms with van der Waals surface area (Å²) in [6.45, 7) is 11.0. The Morgan fingerprint density at radius 2 is 1.24 bits per heavy atom. The maximum absolute atomic E-state index is 8.54. The molecular formula is C26H40BrN2NaO4. The number of hydrogen-bond donors (Lipinski definition) is 1. The van der Waals surface area contributed by atoms with Gasteiger partial charge in [-0.05, 0) is 11.1 Å². The standard InChI is InChI=1S/C13H19NO2.C7H7Br.C6H13NO2.Na.H/c1-2-4-13(5-3-1)12-16-11-8-14-6-9-15-10-7-14;8-6-7-4-2-1-3-5-7;8-4-1-7-2-5-9-6-3-7;;/h1-5H,6-12H2;1-5H,6H2;8H,1-6H2;;/q;;;+1;-1. The van der Waals surface area contributed by atoms with Gasteiger partial charge in [-0.1, -0.05) is 76.6 Å². The first-order chi connectivity index (χ1) is 16.3. The quantitative estimate of drug-likeness (QED) is 0.296. The van der Waals surface area contributed by atoms with Gasteiger partial charge in [0.2, 0.25) is 0 Å². The number of halogens is 1. The number of nitrogens with zero attached hydrogens (tertiary/aromatic N) is 2. The van der Waals surface area contributed by atoms with E-state index in [1.54, 1.807) is 0 Å². The molecule has 4 rings (SSSR count). The fraction of sp³-hybridized carbons (Fsp3) is 0.538. The number of benzene rings is 2. The van der Waals surface area contributed by atoms with Gasteiger partial charge in [-0.15, -0.1) is 0 Å². The van der Waals surface area contributed by atoms with Crippen molar-refractivity contribution in [3.63, 3.8) is 0 Å². The Hall–Kier alpha value is -0.320. The van der Waals surface area contributed by atoms with Crippen LogP contribution in [0.2, 0.25) is 0 Å². The number of β-amino-alcohol motifs (C(OH)–C–C–N with tert-alkyl or cyclic N) is 1. The number of rotatable bonds is 8. The van der Waals surface area contributed by atoms with Crippen LogP contribution in [-0.2, 0) is 26.1 Å². The van der Waals surface area contributed by atoms with Gasteiger partial charge in [0, 0.05) is 44.6 Å². The van der Waals surface area contributed by atoms with Gasteiger partial charge in [-0.25, -0.2) is 0 Å². The average Bonchev–Trinajstić information content (AvgIpc) is 2.90. The number of ether oxygens (including phenoxy) is 3. The Kier molecular flexibility index (Phi) is 20.4. The summed E-state index contributed by atoms with van der Waals surface area (Å²) in [5.41, 5.74) is 2.57. The van der Waals surface area contributed by atoms with Crippen LogP contribution in [0.5, 0.6) is 0 Å². The molecule has 0 radical (unpaired) electrons. The van der Waals surface area contributed by atoms with Gasteiger partial charge in [0.25, 0.3) is 0 Å². The maximum Gasteiger partial charge on any atom is 1.00 e. The van der Waals surface area contributed by atoms with Gasteiger partial charge in [-0.2, -0.15) is 0 Å². The van der Waals surface area contributed by atoms with E-state index in [2.05, 4.69) is 50.0 Å². The monoisotopic (exact) mass is 546 g/mol. The molecule has 0 spiro atoms. The van der Waals surface area contributed by atoms with Crippen LogP contribution in [0, 0.1) is 0 Å². The third kappa shape index (κ3) is 15.6. The molecule has 8 heteroatoms. The molecule has 0 unspecified atom stereocenters. The van der Waals surface area contributed by atoms with Crippen molar-refractivity contribution in [1.82, 2.24) is 9.80 Å². The molecule has 1 N–H and O–H groups in total. The van der Waals surface area contributed by atoms with Gasteiger partial charge in [-0.3, -0.25) is 9.80 Å². The summed E-state index contributed by atoms with van der Waals surface area (Å²) in [5.74, 6) is 0. The summed E-state index contributed by atoms with van der Waals surface area (Å²) < 4.78 is 16.1. The molecule has 0 aliphatic carbocycles. The molecule has 2 aromatic carbocycles. The molecule has 2 fully saturated rings. The second kappa shape index (κ2) is 21.9. The first kappa shape index (κ1) is 31.7. The molecule has 2 aromatic rings. The SMILES string of the molecule is BrCc1ccccc1.OCCN1CCOCC1.[H-].[Na+].c1ccc(COCCN2CCOCC2)cc1. The fourth-order valence-electron chi connectivity index (χ4n) is 3.32. The Balaban J connectivity index is 0.000000523. The predicted octanol–water partition coefficient (Wildman–Crippen LogP) is 0.544. The van der Waals surface area contributed by atoms with Crippen molar-refractivity contribution in [3.8, 4) is 0 Å². The first-order valence-electron chi connectivity index (χ1n) is 11.7. The van der Waals surface area contributed by atoms with E-state index in [-0.39, 0.29) is 37.6 Å². The molecule has 2 saturated heterocycles. The molecule has 0 saturated carbocycles. The van der Waals surface area contributed by atoms with Gasteiger partial charge in [0.05, 0.1) is 46.2 Å². The van der Waals surface area contributed by atoms with Crippen molar-refractivity contribution in [2.75, 3.05) is 78.9 Å². The van der Waals surface area contributed by atoms with Crippen molar-refractivity contribution in [3.05, 3.63) is 71.8 Å². The number of hydrogen-bond acceptors (Lipinski definition) is 6. The molecule has 0 bridgehead atoms. The van der Waals surface area contributed by atoms with E-state index in [9.17, 15) is 0 Å². The van der Waals surface area contributed by atoms with Gasteiger partial charge < -0.3 is 20.7 Å². The molecule has 186 valence electrons. The van der Waals surface area contributed by atoms with Crippen LogP contribution in [0.15, 0.2) is 60.7 Å². The van der Waals surface area contributed by atoms with E-state index < -0.39 is 0 Å². The second-order valence-electron chi connectivity index (χ2n) is 7.79. The molecule has 2 heterocycles. The van der Waals surface area contributed by atoms with E-state index >= 15 is 0 Å². The zero-order chi connectivity index (χ0) is 23.4. The van der Waals surface area contributed by atoms with E-state index in [1.807, 2.05) is 36.4 Å². The number of aliphatic hydroxyl groups excluding tert-OH is 1. The summed E-state index contributed by atoms with van der Waals surface area (Å²) in [7, 11) is 0. The Labute approximate surface area is 237 Å². The van der Waals surface area contributed by atoms with Crippen molar-refractivity contribution in [1.29, 1.82) is 0 Å². The van der Waals surface area contributed by atoms with Crippen molar-refractivity contribution >= 4 is 15.9 Å². The Morgan fingerprint density at radius 1 is 0.765 bits per heavy atom. The van der Waals surface area contributed by atoms with Crippen molar-refractivity contribution in [2.24, 2.45) is 0 Å². The summed E-state index contributed by atoms with van der Waals surface area (Å²) in [6, 6.07) is 20.6. The van der Waals surface area contributed by atoms with Gasteiger partial charge in [0.1, 0.15) is 0 Å². The summed E-state index contributed by atoms with van der Waals surface area (Å²) in [4.78, 5) is 4.58. The van der Waals surface area contributed by atoms with Crippen LogP contribution < -0.4 is 29.6 Å². The number of alkyl halides is 1. The van der Waals surface area contributed by atoms with Crippen LogP contribution in [0.1, 0.15) is 12.6 Å².